The predicted octanol–water partition coefficient (Wildman–Crippen LogP) is 3.13. The van der Waals surface area contributed by atoms with E-state index in [1.807, 2.05) is 30.3 Å². The fraction of sp³-hybridized carbons (Fsp3) is 0.296. The predicted molar refractivity (Wildman–Crippen MR) is 123 cm³/mol. The quantitative estimate of drug-likeness (QED) is 0.563. The van der Waals surface area contributed by atoms with E-state index in [0.717, 1.165) is 5.56 Å². The summed E-state index contributed by atoms with van der Waals surface area (Å²) in [6.45, 7) is 0. The number of carbonyl (C=O) groups excluding carboxylic acids is 1. The Labute approximate surface area is 197 Å². The molecule has 2 aliphatic rings. The van der Waals surface area contributed by atoms with Gasteiger partial charge in [-0.2, -0.15) is 0 Å². The molecule has 5 rings (SSSR count). The average Bonchev–Trinajstić information content (AvgIpc) is 3.26. The molecule has 5 atom stereocenters. The number of hydrogen-bond donors (Lipinski definition) is 2. The van der Waals surface area contributed by atoms with Crippen LogP contribution >= 0.6 is 0 Å². The molecule has 0 aromatic heterocycles. The summed E-state index contributed by atoms with van der Waals surface area (Å²) < 4.78 is 22.4. The molecule has 0 amide bonds. The maximum Gasteiger partial charge on any atom is 0.312 e. The molecule has 3 aromatic rings. The standard InChI is InChI=1S/C27H26O7/c1-31-18-11-9-17(10-12-18)27-23(16-7-5-4-6-8-16)22(25(29)33-3)24(28)26(27,30)20-14-13-19(32-2)15-21(20)34-27/h4-15,22-24,28,30H,1-3H3/t22-,23-,24-,26+,27+/m1/s1. The van der Waals surface area contributed by atoms with Crippen LogP contribution in [0.3, 0.4) is 0 Å². The first-order chi connectivity index (χ1) is 16.4. The Morgan fingerprint density at radius 2 is 1.56 bits per heavy atom. The van der Waals surface area contributed by atoms with E-state index >= 15 is 0 Å². The Hall–Kier alpha value is -3.55. The van der Waals surface area contributed by atoms with Gasteiger partial charge in [-0.3, -0.25) is 4.79 Å². The third-order valence-electron chi connectivity index (χ3n) is 7.15. The molecule has 0 saturated heterocycles. The molecule has 0 radical (unpaired) electrons. The first kappa shape index (κ1) is 22.3. The van der Waals surface area contributed by atoms with Gasteiger partial charge in [-0.25, -0.2) is 0 Å². The Morgan fingerprint density at radius 3 is 2.18 bits per heavy atom. The smallest absolute Gasteiger partial charge is 0.312 e. The number of esters is 1. The number of methoxy groups -OCH3 is 3. The van der Waals surface area contributed by atoms with Gasteiger partial charge in [0.15, 0.2) is 11.2 Å². The zero-order valence-corrected chi connectivity index (χ0v) is 19.1. The van der Waals surface area contributed by atoms with Crippen molar-refractivity contribution in [1.29, 1.82) is 0 Å². The Morgan fingerprint density at radius 1 is 0.912 bits per heavy atom. The van der Waals surface area contributed by atoms with E-state index in [4.69, 9.17) is 18.9 Å². The van der Waals surface area contributed by atoms with Gasteiger partial charge in [-0.1, -0.05) is 42.5 Å². The van der Waals surface area contributed by atoms with Crippen LogP contribution in [0.15, 0.2) is 72.8 Å². The molecule has 1 heterocycles. The van der Waals surface area contributed by atoms with E-state index in [9.17, 15) is 15.0 Å². The molecular weight excluding hydrogens is 436 g/mol. The van der Waals surface area contributed by atoms with Gasteiger partial charge in [0.1, 0.15) is 23.4 Å². The molecule has 34 heavy (non-hydrogen) atoms. The third-order valence-corrected chi connectivity index (χ3v) is 7.15. The van der Waals surface area contributed by atoms with Crippen molar-refractivity contribution in [2.45, 2.75) is 23.2 Å². The molecule has 1 aliphatic heterocycles. The fourth-order valence-corrected chi connectivity index (χ4v) is 5.66. The fourth-order valence-electron chi connectivity index (χ4n) is 5.66. The summed E-state index contributed by atoms with van der Waals surface area (Å²) >= 11 is 0. The van der Waals surface area contributed by atoms with Gasteiger partial charge in [-0.15, -0.1) is 0 Å². The van der Waals surface area contributed by atoms with Crippen molar-refractivity contribution >= 4 is 5.97 Å². The number of carbonyl (C=O) groups is 1. The maximum absolute atomic E-state index is 13.1. The van der Waals surface area contributed by atoms with Crippen molar-refractivity contribution in [2.75, 3.05) is 21.3 Å². The summed E-state index contributed by atoms with van der Waals surface area (Å²) in [4.78, 5) is 13.1. The number of benzene rings is 3. The highest BCUT2D eigenvalue weighted by Gasteiger charge is 2.77. The lowest BCUT2D eigenvalue weighted by Crippen LogP contribution is -2.52. The normalized spacial score (nSPS) is 29.0. The van der Waals surface area contributed by atoms with Crippen molar-refractivity contribution in [3.05, 3.63) is 89.5 Å². The number of rotatable bonds is 5. The van der Waals surface area contributed by atoms with E-state index in [1.54, 1.807) is 56.7 Å². The van der Waals surface area contributed by atoms with Crippen LogP contribution in [0.1, 0.15) is 22.6 Å². The summed E-state index contributed by atoms with van der Waals surface area (Å²) in [6, 6.07) is 21.4. The monoisotopic (exact) mass is 462 g/mol. The van der Waals surface area contributed by atoms with Gasteiger partial charge >= 0.3 is 5.97 Å². The highest BCUT2D eigenvalue weighted by Crippen LogP contribution is 2.68. The van der Waals surface area contributed by atoms with E-state index < -0.39 is 35.1 Å². The molecule has 176 valence electrons. The second-order valence-corrected chi connectivity index (χ2v) is 8.58. The zero-order valence-electron chi connectivity index (χ0n) is 19.1. The lowest BCUT2D eigenvalue weighted by atomic mass is 9.71. The second kappa shape index (κ2) is 8.04. The van der Waals surface area contributed by atoms with Gasteiger partial charge in [0.2, 0.25) is 0 Å². The lowest BCUT2D eigenvalue weighted by Gasteiger charge is -2.40. The summed E-state index contributed by atoms with van der Waals surface area (Å²) in [5, 5.41) is 24.1. The number of ether oxygens (including phenoxy) is 4. The highest BCUT2D eigenvalue weighted by atomic mass is 16.5. The zero-order chi connectivity index (χ0) is 24.1. The van der Waals surface area contributed by atoms with Crippen LogP contribution in [0.5, 0.6) is 17.2 Å². The Balaban J connectivity index is 1.84. The van der Waals surface area contributed by atoms with Gasteiger partial charge in [0.25, 0.3) is 0 Å². The lowest BCUT2D eigenvalue weighted by molar-refractivity contribution is -0.161. The molecule has 0 unspecified atom stereocenters. The van der Waals surface area contributed by atoms with Gasteiger partial charge < -0.3 is 29.2 Å². The van der Waals surface area contributed by atoms with Crippen molar-refractivity contribution in [3.63, 3.8) is 0 Å². The first-order valence-electron chi connectivity index (χ1n) is 11.0. The van der Waals surface area contributed by atoms with Gasteiger partial charge in [0.05, 0.1) is 27.2 Å². The molecule has 3 aromatic carbocycles. The summed E-state index contributed by atoms with van der Waals surface area (Å²) in [7, 11) is 4.38. The minimum atomic E-state index is -1.96. The number of aliphatic hydroxyl groups excluding tert-OH is 1. The molecule has 1 saturated carbocycles. The topological polar surface area (TPSA) is 94.5 Å². The molecule has 1 fully saturated rings. The number of aliphatic hydroxyl groups is 2. The minimum absolute atomic E-state index is 0.376. The van der Waals surface area contributed by atoms with E-state index in [2.05, 4.69) is 0 Å². The van der Waals surface area contributed by atoms with E-state index in [1.165, 1.54) is 7.11 Å². The van der Waals surface area contributed by atoms with Crippen LogP contribution in [0, 0.1) is 5.92 Å². The molecule has 0 bridgehead atoms. The SMILES string of the molecule is COC(=O)[C@H]1[C@@H](O)[C@@]2(O)c3ccc(OC)cc3O[C@@]2(c2ccc(OC)cc2)[C@@H]1c1ccccc1. The molecule has 7 heteroatoms. The van der Waals surface area contributed by atoms with Crippen LogP contribution in [-0.4, -0.2) is 43.6 Å². The van der Waals surface area contributed by atoms with Crippen molar-refractivity contribution < 1.29 is 34.0 Å². The first-order valence-corrected chi connectivity index (χ1v) is 11.0. The molecule has 1 aliphatic carbocycles. The molecule has 0 spiro atoms. The van der Waals surface area contributed by atoms with Crippen molar-refractivity contribution in [1.82, 2.24) is 0 Å². The second-order valence-electron chi connectivity index (χ2n) is 8.58. The largest absolute Gasteiger partial charge is 0.497 e. The summed E-state index contributed by atoms with van der Waals surface area (Å²) in [5.74, 6) is -0.943. The number of fused-ring (bicyclic) bond motifs is 3. The van der Waals surface area contributed by atoms with Crippen LogP contribution in [0.2, 0.25) is 0 Å². The van der Waals surface area contributed by atoms with E-state index in [0.29, 0.717) is 28.4 Å². The van der Waals surface area contributed by atoms with Gasteiger partial charge in [0, 0.05) is 17.5 Å². The Bertz CT molecular complexity index is 1210. The van der Waals surface area contributed by atoms with Crippen LogP contribution in [0.25, 0.3) is 0 Å². The van der Waals surface area contributed by atoms with Crippen LogP contribution < -0.4 is 14.2 Å². The molecular formula is C27H26O7. The molecule has 7 nitrogen and oxygen atoms in total. The number of hydrogen-bond acceptors (Lipinski definition) is 7. The van der Waals surface area contributed by atoms with Crippen LogP contribution in [0.4, 0.5) is 0 Å². The van der Waals surface area contributed by atoms with Crippen molar-refractivity contribution in [2.24, 2.45) is 5.92 Å². The summed E-state index contributed by atoms with van der Waals surface area (Å²) in [5.41, 5.74) is -1.80. The average molecular weight is 462 g/mol. The minimum Gasteiger partial charge on any atom is -0.497 e. The van der Waals surface area contributed by atoms with E-state index in [-0.39, 0.29) is 0 Å². The summed E-state index contributed by atoms with van der Waals surface area (Å²) in [6.07, 6.45) is -1.51. The van der Waals surface area contributed by atoms with Crippen molar-refractivity contribution in [3.8, 4) is 17.2 Å². The van der Waals surface area contributed by atoms with Gasteiger partial charge in [-0.05, 0) is 35.4 Å². The Kier molecular flexibility index (Phi) is 5.26. The third kappa shape index (κ3) is 2.80. The maximum atomic E-state index is 13.1. The van der Waals surface area contributed by atoms with Crippen LogP contribution in [-0.2, 0) is 20.7 Å². The molecule has 2 N–H and O–H groups in total. The highest BCUT2D eigenvalue weighted by molar-refractivity contribution is 5.78.